The maximum atomic E-state index is 14.8. The number of halogens is 2. The van der Waals surface area contributed by atoms with Crippen molar-refractivity contribution in [2.75, 3.05) is 0 Å². The molecule has 2 aromatic heterocycles. The normalized spacial score (nSPS) is 12.2. The van der Waals surface area contributed by atoms with E-state index >= 15 is 0 Å². The van der Waals surface area contributed by atoms with Crippen molar-refractivity contribution in [3.8, 4) is 11.1 Å². The third-order valence-corrected chi connectivity index (χ3v) is 5.22. The molecule has 0 radical (unpaired) electrons. The van der Waals surface area contributed by atoms with Crippen LogP contribution in [0.2, 0.25) is 0 Å². The third kappa shape index (κ3) is 2.70. The average molecular weight is 382 g/mol. The van der Waals surface area contributed by atoms with Gasteiger partial charge in [0.2, 0.25) is 0 Å². The number of hydrogen-bond donors (Lipinski definition) is 0. The number of fused-ring (bicyclic) bond motifs is 2. The van der Waals surface area contributed by atoms with Gasteiger partial charge >= 0.3 is 0 Å². The minimum atomic E-state index is -0.399. The first-order chi connectivity index (χ1) is 13.2. The summed E-state index contributed by atoms with van der Waals surface area (Å²) in [5, 5.41) is 0. The Balaban J connectivity index is 2.01. The molecule has 4 rings (SSSR count). The van der Waals surface area contributed by atoms with Gasteiger partial charge in [-0.15, -0.1) is 0 Å². The Kier molecular flexibility index (Phi) is 4.25. The number of rotatable bonds is 3. The molecule has 0 aliphatic carbocycles. The predicted octanol–water partition coefficient (Wildman–Crippen LogP) is 6.11. The summed E-state index contributed by atoms with van der Waals surface area (Å²) in [6, 6.07) is 6.93. The summed E-state index contributed by atoms with van der Waals surface area (Å²) in [6.07, 6.45) is 0. The molecule has 6 heteroatoms. The molecule has 2 heterocycles. The summed E-state index contributed by atoms with van der Waals surface area (Å²) < 4.78 is 33.7. The van der Waals surface area contributed by atoms with E-state index in [9.17, 15) is 8.78 Å². The van der Waals surface area contributed by atoms with E-state index in [-0.39, 0.29) is 12.1 Å². The van der Waals surface area contributed by atoms with Crippen molar-refractivity contribution in [2.45, 2.75) is 53.6 Å². The second-order valence-electron chi connectivity index (χ2n) is 7.90. The van der Waals surface area contributed by atoms with Crippen molar-refractivity contribution in [1.29, 1.82) is 0 Å². The molecule has 0 saturated carbocycles. The highest BCUT2D eigenvalue weighted by molar-refractivity contribution is 5.87. The number of aromatic nitrogens is 4. The van der Waals surface area contributed by atoms with Gasteiger partial charge in [0.15, 0.2) is 11.6 Å². The molecular formula is C22H24F2N4. The van der Waals surface area contributed by atoms with Gasteiger partial charge in [-0.3, -0.25) is 0 Å². The SMILES string of the molecule is Cc1nc2c(F)cc(-c3cc(F)c4nc(C)n(C(C)C)c4c3)cc2n1C(C)C. The van der Waals surface area contributed by atoms with E-state index in [0.717, 1.165) is 22.7 Å². The van der Waals surface area contributed by atoms with E-state index in [1.54, 1.807) is 0 Å². The predicted molar refractivity (Wildman–Crippen MR) is 109 cm³/mol. The smallest absolute Gasteiger partial charge is 0.151 e. The van der Waals surface area contributed by atoms with Gasteiger partial charge in [0.05, 0.1) is 11.0 Å². The Morgan fingerprint density at radius 1 is 0.679 bits per heavy atom. The molecule has 0 spiro atoms. The average Bonchev–Trinajstić information content (AvgIpc) is 3.11. The largest absolute Gasteiger partial charge is 0.326 e. The van der Waals surface area contributed by atoms with Crippen LogP contribution in [0.3, 0.4) is 0 Å². The quantitative estimate of drug-likeness (QED) is 0.428. The van der Waals surface area contributed by atoms with Gasteiger partial charge in [-0.1, -0.05) is 0 Å². The molecule has 4 aromatic rings. The van der Waals surface area contributed by atoms with E-state index in [1.165, 1.54) is 12.1 Å². The topological polar surface area (TPSA) is 35.6 Å². The first-order valence-electron chi connectivity index (χ1n) is 9.55. The van der Waals surface area contributed by atoms with Crippen LogP contribution in [0.25, 0.3) is 33.2 Å². The van der Waals surface area contributed by atoms with Crippen LogP contribution in [0, 0.1) is 25.5 Å². The highest BCUT2D eigenvalue weighted by atomic mass is 19.1. The fourth-order valence-electron chi connectivity index (χ4n) is 4.17. The van der Waals surface area contributed by atoms with Crippen LogP contribution in [0.5, 0.6) is 0 Å². The number of imidazole rings is 2. The van der Waals surface area contributed by atoms with Crippen molar-refractivity contribution in [3.63, 3.8) is 0 Å². The Hall–Kier alpha value is -2.76. The summed E-state index contributed by atoms with van der Waals surface area (Å²) in [4.78, 5) is 8.75. The summed E-state index contributed by atoms with van der Waals surface area (Å²) in [5.41, 5.74) is 3.38. The van der Waals surface area contributed by atoms with Gasteiger partial charge in [0.1, 0.15) is 22.7 Å². The van der Waals surface area contributed by atoms with Gasteiger partial charge in [0, 0.05) is 12.1 Å². The van der Waals surface area contributed by atoms with Gasteiger partial charge in [-0.05, 0) is 76.9 Å². The summed E-state index contributed by atoms with van der Waals surface area (Å²) in [6.45, 7) is 11.9. The number of benzene rings is 2. The lowest BCUT2D eigenvalue weighted by Gasteiger charge is -2.13. The zero-order valence-corrected chi connectivity index (χ0v) is 17.0. The molecule has 0 saturated heterocycles. The van der Waals surface area contributed by atoms with Crippen LogP contribution in [-0.4, -0.2) is 19.1 Å². The van der Waals surface area contributed by atoms with Crippen molar-refractivity contribution < 1.29 is 8.78 Å². The van der Waals surface area contributed by atoms with Crippen molar-refractivity contribution in [3.05, 3.63) is 47.5 Å². The van der Waals surface area contributed by atoms with Crippen molar-refractivity contribution >= 4 is 22.1 Å². The summed E-state index contributed by atoms with van der Waals surface area (Å²) in [7, 11) is 0. The Morgan fingerprint density at radius 3 is 1.36 bits per heavy atom. The zero-order valence-electron chi connectivity index (χ0n) is 17.0. The minimum absolute atomic E-state index is 0.142. The fraction of sp³-hybridized carbons (Fsp3) is 0.364. The number of nitrogens with zero attached hydrogens (tertiary/aromatic N) is 4. The molecule has 4 nitrogen and oxygen atoms in total. The van der Waals surface area contributed by atoms with Gasteiger partial charge < -0.3 is 9.13 Å². The van der Waals surface area contributed by atoms with Gasteiger partial charge in [-0.2, -0.15) is 0 Å². The van der Waals surface area contributed by atoms with E-state index in [4.69, 9.17) is 0 Å². The molecular weight excluding hydrogens is 358 g/mol. The first-order valence-corrected chi connectivity index (χ1v) is 9.55. The lowest BCUT2D eigenvalue weighted by atomic mass is 10.0. The first kappa shape index (κ1) is 18.6. The second kappa shape index (κ2) is 6.40. The second-order valence-corrected chi connectivity index (χ2v) is 7.90. The number of hydrogen-bond acceptors (Lipinski definition) is 2. The molecule has 146 valence electrons. The van der Waals surface area contributed by atoms with E-state index in [0.29, 0.717) is 22.2 Å². The standard InChI is InChI=1S/C22H24F2N4/c1-11(2)27-13(5)25-21-17(23)7-15(9-19(21)27)16-8-18(24)22-20(10-16)28(12(3)4)14(6)26-22/h7-12H,1-6H3. The van der Waals surface area contributed by atoms with Gasteiger partial charge in [-0.25, -0.2) is 18.7 Å². The molecule has 0 aliphatic heterocycles. The molecule has 0 aliphatic rings. The van der Waals surface area contributed by atoms with E-state index < -0.39 is 11.6 Å². The van der Waals surface area contributed by atoms with Crippen LogP contribution >= 0.6 is 0 Å². The molecule has 0 bridgehead atoms. The maximum Gasteiger partial charge on any atom is 0.151 e. The van der Waals surface area contributed by atoms with Crippen LogP contribution in [0.4, 0.5) is 8.78 Å². The highest BCUT2D eigenvalue weighted by Gasteiger charge is 2.19. The molecule has 0 amide bonds. The highest BCUT2D eigenvalue weighted by Crippen LogP contribution is 2.33. The van der Waals surface area contributed by atoms with Crippen molar-refractivity contribution in [2.24, 2.45) is 0 Å². The Bertz CT molecular complexity index is 1120. The van der Waals surface area contributed by atoms with Crippen LogP contribution in [0.1, 0.15) is 51.4 Å². The van der Waals surface area contributed by atoms with Crippen LogP contribution < -0.4 is 0 Å². The third-order valence-electron chi connectivity index (χ3n) is 5.22. The lowest BCUT2D eigenvalue weighted by Crippen LogP contribution is -2.03. The fourth-order valence-corrected chi connectivity index (χ4v) is 4.17. The lowest BCUT2D eigenvalue weighted by molar-refractivity contribution is 0.599. The summed E-state index contributed by atoms with van der Waals surface area (Å²) >= 11 is 0. The molecule has 0 N–H and O–H groups in total. The Morgan fingerprint density at radius 2 is 1.04 bits per heavy atom. The van der Waals surface area contributed by atoms with Crippen LogP contribution in [-0.2, 0) is 0 Å². The zero-order chi connectivity index (χ0) is 20.3. The van der Waals surface area contributed by atoms with Crippen LogP contribution in [0.15, 0.2) is 24.3 Å². The summed E-state index contributed by atoms with van der Waals surface area (Å²) in [5.74, 6) is 0.723. The van der Waals surface area contributed by atoms with E-state index in [1.807, 2.05) is 62.8 Å². The van der Waals surface area contributed by atoms with Gasteiger partial charge in [0.25, 0.3) is 0 Å². The maximum absolute atomic E-state index is 14.8. The Labute approximate surface area is 162 Å². The molecule has 0 fully saturated rings. The molecule has 0 unspecified atom stereocenters. The molecule has 28 heavy (non-hydrogen) atoms. The van der Waals surface area contributed by atoms with E-state index in [2.05, 4.69) is 9.97 Å². The minimum Gasteiger partial charge on any atom is -0.326 e. The molecule has 0 atom stereocenters. The molecule has 2 aromatic carbocycles. The van der Waals surface area contributed by atoms with Crippen molar-refractivity contribution in [1.82, 2.24) is 19.1 Å². The number of aryl methyl sites for hydroxylation is 2. The monoisotopic (exact) mass is 382 g/mol.